The van der Waals surface area contributed by atoms with Gasteiger partial charge in [0, 0.05) is 12.0 Å². The van der Waals surface area contributed by atoms with Crippen molar-refractivity contribution in [3.8, 4) is 0 Å². The van der Waals surface area contributed by atoms with Crippen molar-refractivity contribution in [2.24, 2.45) is 0 Å². The van der Waals surface area contributed by atoms with Crippen LogP contribution in [-0.4, -0.2) is 69.1 Å². The quantitative estimate of drug-likeness (QED) is 0.0423. The molecule has 7 nitrogen and oxygen atoms in total. The number of rotatable bonds is 27. The van der Waals surface area contributed by atoms with Crippen LogP contribution >= 0.6 is 0 Å². The highest BCUT2D eigenvalue weighted by atomic mass is 16.5. The first-order valence-corrected chi connectivity index (χ1v) is 18.2. The summed E-state index contributed by atoms with van der Waals surface area (Å²) in [7, 11) is 0. The lowest BCUT2D eigenvalue weighted by Crippen LogP contribution is -2.31. The van der Waals surface area contributed by atoms with Crippen molar-refractivity contribution >= 4 is 5.97 Å². The van der Waals surface area contributed by atoms with E-state index in [0.717, 1.165) is 64.2 Å². The fourth-order valence-corrected chi connectivity index (χ4v) is 6.46. The summed E-state index contributed by atoms with van der Waals surface area (Å²) in [5.74, 6) is -0.296. The van der Waals surface area contributed by atoms with E-state index < -0.39 is 24.4 Å². The monoisotopic (exact) mass is 622 g/mol. The average molecular weight is 623 g/mol. The summed E-state index contributed by atoms with van der Waals surface area (Å²) in [4.78, 5) is 11.7. The molecule has 44 heavy (non-hydrogen) atoms. The van der Waals surface area contributed by atoms with Gasteiger partial charge in [-0.15, -0.1) is 0 Å². The van der Waals surface area contributed by atoms with Crippen LogP contribution in [0.25, 0.3) is 0 Å². The molecule has 0 bridgehead atoms. The largest absolute Gasteiger partial charge is 0.455 e. The molecule has 2 rings (SSSR count). The van der Waals surface area contributed by atoms with Crippen molar-refractivity contribution in [2.75, 3.05) is 0 Å². The molecule has 256 valence electrons. The van der Waals surface area contributed by atoms with Gasteiger partial charge in [-0.1, -0.05) is 96.1 Å². The third kappa shape index (κ3) is 17.4. The lowest BCUT2D eigenvalue weighted by molar-refractivity contribution is -0.139. The first kappa shape index (κ1) is 38.9. The lowest BCUT2D eigenvalue weighted by Gasteiger charge is -2.22. The van der Waals surface area contributed by atoms with E-state index in [4.69, 9.17) is 9.47 Å². The Kier molecular flexibility index (Phi) is 21.2. The molecule has 0 aromatic rings. The molecule has 2 heterocycles. The zero-order valence-electron chi connectivity index (χ0n) is 28.1. The van der Waals surface area contributed by atoms with E-state index in [0.29, 0.717) is 37.7 Å². The summed E-state index contributed by atoms with van der Waals surface area (Å²) < 4.78 is 11.2. The molecule has 2 aliphatic rings. The van der Waals surface area contributed by atoms with E-state index in [1.807, 2.05) is 6.92 Å². The van der Waals surface area contributed by atoms with Gasteiger partial charge in [-0.2, -0.15) is 0 Å². The Labute approximate surface area is 268 Å². The number of ether oxygens (including phenoxy) is 2. The van der Waals surface area contributed by atoms with Gasteiger partial charge in [0.15, 0.2) is 0 Å². The Morgan fingerprint density at radius 2 is 1.41 bits per heavy atom. The van der Waals surface area contributed by atoms with E-state index in [1.165, 1.54) is 51.4 Å². The number of cyclic esters (lactones) is 1. The van der Waals surface area contributed by atoms with Crippen LogP contribution in [0.2, 0.25) is 0 Å². The van der Waals surface area contributed by atoms with E-state index >= 15 is 0 Å². The van der Waals surface area contributed by atoms with Crippen LogP contribution in [0.3, 0.4) is 0 Å². The maximum absolute atomic E-state index is 11.7. The van der Waals surface area contributed by atoms with Crippen molar-refractivity contribution in [1.29, 1.82) is 0 Å². The highest BCUT2D eigenvalue weighted by Crippen LogP contribution is 2.28. The first-order chi connectivity index (χ1) is 21.3. The molecule has 2 aliphatic heterocycles. The van der Waals surface area contributed by atoms with E-state index in [9.17, 15) is 25.2 Å². The second kappa shape index (κ2) is 24.0. The fourth-order valence-electron chi connectivity index (χ4n) is 6.46. The maximum Gasteiger partial charge on any atom is 0.334 e. The predicted octanol–water partition coefficient (Wildman–Crippen LogP) is 7.62. The number of hydrogen-bond donors (Lipinski definition) is 4. The van der Waals surface area contributed by atoms with Crippen LogP contribution in [-0.2, 0) is 14.3 Å². The molecule has 4 N–H and O–H groups in total. The van der Waals surface area contributed by atoms with Gasteiger partial charge < -0.3 is 29.9 Å². The van der Waals surface area contributed by atoms with Gasteiger partial charge in [-0.05, 0) is 77.2 Å². The van der Waals surface area contributed by atoms with Gasteiger partial charge in [0.2, 0.25) is 0 Å². The summed E-state index contributed by atoms with van der Waals surface area (Å²) in [6, 6.07) is 0. The number of carbonyl (C=O) groups excluding carboxylic acids is 1. The van der Waals surface area contributed by atoms with Gasteiger partial charge in [-0.25, -0.2) is 4.79 Å². The molecule has 7 atom stereocenters. The number of esters is 1. The summed E-state index contributed by atoms with van der Waals surface area (Å²) in [5, 5.41) is 41.6. The number of carbonyl (C=O) groups is 1. The van der Waals surface area contributed by atoms with E-state index in [1.54, 1.807) is 6.08 Å². The molecule has 0 aliphatic carbocycles. The minimum absolute atomic E-state index is 0.180. The molecule has 7 unspecified atom stereocenters. The van der Waals surface area contributed by atoms with Crippen LogP contribution in [0.15, 0.2) is 23.8 Å². The number of unbranched alkanes of at least 4 members (excludes halogenated alkanes) is 12. The topological polar surface area (TPSA) is 116 Å². The van der Waals surface area contributed by atoms with Crippen molar-refractivity contribution < 1.29 is 34.7 Å². The normalized spacial score (nSPS) is 23.2. The molecule has 0 aromatic heterocycles. The standard InChI is InChI=1S/C37H66O7/c1-3-4-5-6-7-8-9-10-11-12-16-19-22-33(39)34(40)24-25-35(41)36-26-23-32(44-36)21-18-15-13-14-17-20-31(38)28-30-27-29(2)43-37(30)42/h12,16,27,29,31-36,38-41H,3-11,13-15,17-26,28H2,1-2H3. The molecule has 0 saturated carbocycles. The van der Waals surface area contributed by atoms with Crippen LogP contribution in [0.5, 0.6) is 0 Å². The Hall–Kier alpha value is -1.25. The first-order valence-electron chi connectivity index (χ1n) is 18.2. The van der Waals surface area contributed by atoms with Crippen LogP contribution < -0.4 is 0 Å². The van der Waals surface area contributed by atoms with Crippen LogP contribution in [0.1, 0.15) is 162 Å². The molecule has 1 fully saturated rings. The van der Waals surface area contributed by atoms with Gasteiger partial charge in [-0.3, -0.25) is 0 Å². The number of aliphatic hydroxyl groups excluding tert-OH is 4. The predicted molar refractivity (Wildman–Crippen MR) is 177 cm³/mol. The van der Waals surface area contributed by atoms with E-state index in [2.05, 4.69) is 19.1 Å². The molecular formula is C37H66O7. The minimum Gasteiger partial charge on any atom is -0.455 e. The Bertz CT molecular complexity index is 797. The third-order valence-corrected chi connectivity index (χ3v) is 9.30. The summed E-state index contributed by atoms with van der Waals surface area (Å²) in [6.07, 6.45) is 26.3. The molecular weight excluding hydrogens is 556 g/mol. The minimum atomic E-state index is -0.816. The number of aliphatic hydroxyl groups is 4. The SMILES string of the molecule is CCCCCCCCCCC=CCCC(O)C(O)CCC(O)C1CCC(CCCCCCCC(O)CC2=CC(C)OC2=O)O1. The highest BCUT2D eigenvalue weighted by Gasteiger charge is 2.31. The Morgan fingerprint density at radius 3 is 2.11 bits per heavy atom. The van der Waals surface area contributed by atoms with Crippen molar-refractivity contribution in [3.63, 3.8) is 0 Å². The zero-order valence-corrected chi connectivity index (χ0v) is 28.1. The molecule has 7 heteroatoms. The fraction of sp³-hybridized carbons (Fsp3) is 0.865. The second-order valence-corrected chi connectivity index (χ2v) is 13.5. The molecule has 0 spiro atoms. The Balaban J connectivity index is 1.42. The van der Waals surface area contributed by atoms with Crippen molar-refractivity contribution in [1.82, 2.24) is 0 Å². The zero-order chi connectivity index (χ0) is 32.0. The molecule has 0 radical (unpaired) electrons. The summed E-state index contributed by atoms with van der Waals surface area (Å²) in [5.41, 5.74) is 0.599. The third-order valence-electron chi connectivity index (χ3n) is 9.30. The average Bonchev–Trinajstić information content (AvgIpc) is 3.60. The van der Waals surface area contributed by atoms with Crippen LogP contribution in [0.4, 0.5) is 0 Å². The lowest BCUT2D eigenvalue weighted by atomic mass is 9.98. The van der Waals surface area contributed by atoms with Gasteiger partial charge in [0.05, 0.1) is 36.6 Å². The van der Waals surface area contributed by atoms with Crippen LogP contribution in [0, 0.1) is 0 Å². The summed E-state index contributed by atoms with van der Waals surface area (Å²) in [6.45, 7) is 4.08. The summed E-state index contributed by atoms with van der Waals surface area (Å²) >= 11 is 0. The van der Waals surface area contributed by atoms with Crippen molar-refractivity contribution in [3.05, 3.63) is 23.8 Å². The molecule has 1 saturated heterocycles. The van der Waals surface area contributed by atoms with Gasteiger partial charge in [0.1, 0.15) is 6.10 Å². The molecule has 0 aromatic carbocycles. The van der Waals surface area contributed by atoms with Gasteiger partial charge in [0.25, 0.3) is 0 Å². The van der Waals surface area contributed by atoms with Crippen molar-refractivity contribution in [2.45, 2.75) is 204 Å². The van der Waals surface area contributed by atoms with E-state index in [-0.39, 0.29) is 24.3 Å². The Morgan fingerprint density at radius 1 is 0.773 bits per heavy atom. The number of hydrogen-bond acceptors (Lipinski definition) is 7. The molecule has 0 amide bonds. The number of allylic oxidation sites excluding steroid dienone is 2. The second-order valence-electron chi connectivity index (χ2n) is 13.5. The van der Waals surface area contributed by atoms with Gasteiger partial charge >= 0.3 is 5.97 Å². The smallest absolute Gasteiger partial charge is 0.334 e. The maximum atomic E-state index is 11.7. The highest BCUT2D eigenvalue weighted by molar-refractivity contribution is 5.90.